The average Bonchev–Trinajstić information content (AvgIpc) is 2.77. The van der Waals surface area contributed by atoms with Crippen LogP contribution in [0.2, 0.25) is 0 Å². The van der Waals surface area contributed by atoms with E-state index in [0.717, 1.165) is 39.5 Å². The summed E-state index contributed by atoms with van der Waals surface area (Å²) in [5.74, 6) is 0.498. The van der Waals surface area contributed by atoms with Gasteiger partial charge in [-0.25, -0.2) is 13.4 Å². The quantitative estimate of drug-likeness (QED) is 0.293. The van der Waals surface area contributed by atoms with E-state index in [9.17, 15) is 13.5 Å². The Kier molecular flexibility index (Phi) is 6.37. The molecule has 0 aliphatic carbocycles. The fourth-order valence-corrected chi connectivity index (χ4v) is 4.15. The number of aliphatic hydroxyl groups excluding tert-OH is 2. The molecule has 3 aromatic carbocycles. The molecule has 0 amide bonds. The number of nitrogens with one attached hydrogen (secondary N) is 2. The highest BCUT2D eigenvalue weighted by Crippen LogP contribution is 2.37. The van der Waals surface area contributed by atoms with Crippen molar-refractivity contribution in [2.24, 2.45) is 0 Å². The third-order valence-corrected chi connectivity index (χ3v) is 5.71. The Balaban J connectivity index is 1.81. The van der Waals surface area contributed by atoms with Crippen LogP contribution in [-0.4, -0.2) is 49.2 Å². The van der Waals surface area contributed by atoms with Crippen LogP contribution in [0.4, 0.5) is 17.1 Å². The van der Waals surface area contributed by atoms with Gasteiger partial charge in [-0.05, 0) is 42.8 Å². The summed E-state index contributed by atoms with van der Waals surface area (Å²) in [6, 6.07) is 18.6. The van der Waals surface area contributed by atoms with Gasteiger partial charge in [0.2, 0.25) is 10.0 Å². The number of pyridine rings is 1. The van der Waals surface area contributed by atoms with Gasteiger partial charge in [0, 0.05) is 22.1 Å². The lowest BCUT2D eigenvalue weighted by atomic mass is 10.1. The second kappa shape index (κ2) is 9.22. The van der Waals surface area contributed by atoms with Crippen LogP contribution < -0.4 is 14.8 Å². The first kappa shape index (κ1) is 22.8. The van der Waals surface area contributed by atoms with Crippen LogP contribution >= 0.6 is 0 Å². The Labute approximate surface area is 191 Å². The predicted molar refractivity (Wildman–Crippen MR) is 131 cm³/mol. The van der Waals surface area contributed by atoms with Gasteiger partial charge in [0.1, 0.15) is 24.0 Å². The normalized spacial score (nSPS) is 12.6. The van der Waals surface area contributed by atoms with Gasteiger partial charge in [-0.1, -0.05) is 30.3 Å². The molecule has 0 saturated carbocycles. The van der Waals surface area contributed by atoms with Crippen molar-refractivity contribution in [3.63, 3.8) is 0 Å². The van der Waals surface area contributed by atoms with Gasteiger partial charge in [0.05, 0.1) is 24.1 Å². The first-order valence-electron chi connectivity index (χ1n) is 10.3. The van der Waals surface area contributed by atoms with Crippen LogP contribution in [0.5, 0.6) is 5.75 Å². The number of benzene rings is 3. The smallest absolute Gasteiger partial charge is 0.229 e. The third kappa shape index (κ3) is 5.16. The van der Waals surface area contributed by atoms with Gasteiger partial charge in [0.15, 0.2) is 0 Å². The highest BCUT2D eigenvalue weighted by atomic mass is 32.2. The molecule has 8 nitrogen and oxygen atoms in total. The van der Waals surface area contributed by atoms with E-state index in [1.165, 1.54) is 0 Å². The Bertz CT molecular complexity index is 1420. The highest BCUT2D eigenvalue weighted by molar-refractivity contribution is 7.92. The topological polar surface area (TPSA) is 121 Å². The number of aryl methyl sites for hydroxylation is 1. The molecule has 4 N–H and O–H groups in total. The van der Waals surface area contributed by atoms with Crippen molar-refractivity contribution in [1.29, 1.82) is 0 Å². The second-order valence-corrected chi connectivity index (χ2v) is 9.58. The lowest BCUT2D eigenvalue weighted by molar-refractivity contribution is 0.0540. The molecule has 1 unspecified atom stereocenters. The fraction of sp³-hybridized carbons (Fsp3) is 0.208. The minimum Gasteiger partial charge on any atom is -0.489 e. The molecule has 0 spiro atoms. The zero-order valence-electron chi connectivity index (χ0n) is 18.2. The standard InChI is InChI=1S/C24H25N3O5S/c1-15-12-16(27-33(2,30)31)10-11-20(15)25-23-18-6-3-4-8-21(18)26-24-19(23)7-5-9-22(24)32-14-17(29)13-28/h3-12,17,27-29H,13-14H2,1-2H3,(H,25,26). The summed E-state index contributed by atoms with van der Waals surface area (Å²) in [7, 11) is -3.37. The van der Waals surface area contributed by atoms with Gasteiger partial charge in [-0.3, -0.25) is 4.72 Å². The SMILES string of the molecule is Cc1cc(NS(C)(=O)=O)ccc1Nc1c2ccccc2nc2c(OCC(O)CO)cccc12. The molecule has 4 aromatic rings. The van der Waals surface area contributed by atoms with Gasteiger partial charge in [0.25, 0.3) is 0 Å². The summed E-state index contributed by atoms with van der Waals surface area (Å²) in [6.45, 7) is 1.45. The van der Waals surface area contributed by atoms with E-state index < -0.39 is 22.7 Å². The number of para-hydroxylation sites is 2. The molecule has 9 heteroatoms. The highest BCUT2D eigenvalue weighted by Gasteiger charge is 2.15. The maximum Gasteiger partial charge on any atom is 0.229 e. The van der Waals surface area contributed by atoms with E-state index in [1.807, 2.05) is 49.4 Å². The van der Waals surface area contributed by atoms with E-state index in [2.05, 4.69) is 10.0 Å². The Morgan fingerprint density at radius 3 is 2.55 bits per heavy atom. The lowest BCUT2D eigenvalue weighted by Crippen LogP contribution is -2.21. The molecule has 33 heavy (non-hydrogen) atoms. The van der Waals surface area contributed by atoms with Crippen molar-refractivity contribution in [2.75, 3.05) is 29.5 Å². The summed E-state index contributed by atoms with van der Waals surface area (Å²) in [4.78, 5) is 4.77. The van der Waals surface area contributed by atoms with E-state index in [-0.39, 0.29) is 6.61 Å². The first-order valence-corrected chi connectivity index (χ1v) is 12.2. The van der Waals surface area contributed by atoms with E-state index in [1.54, 1.807) is 18.2 Å². The van der Waals surface area contributed by atoms with Gasteiger partial charge in [-0.15, -0.1) is 0 Å². The number of hydrogen-bond donors (Lipinski definition) is 4. The first-order chi connectivity index (χ1) is 15.7. The van der Waals surface area contributed by atoms with Crippen LogP contribution in [0.3, 0.4) is 0 Å². The second-order valence-electron chi connectivity index (χ2n) is 7.83. The Hall–Kier alpha value is -3.40. The molecule has 0 bridgehead atoms. The predicted octanol–water partition coefficient (Wildman–Crippen LogP) is 3.54. The average molecular weight is 468 g/mol. The molecule has 0 fully saturated rings. The molecule has 0 saturated heterocycles. The van der Waals surface area contributed by atoms with Crippen molar-refractivity contribution in [1.82, 2.24) is 4.98 Å². The number of rotatable bonds is 8. The van der Waals surface area contributed by atoms with Crippen molar-refractivity contribution >= 4 is 48.9 Å². The minimum absolute atomic E-state index is 0.0548. The number of hydrogen-bond acceptors (Lipinski definition) is 7. The summed E-state index contributed by atoms with van der Waals surface area (Å²) in [5, 5.41) is 24.0. The lowest BCUT2D eigenvalue weighted by Gasteiger charge is -2.17. The van der Waals surface area contributed by atoms with E-state index in [0.29, 0.717) is 17.0 Å². The van der Waals surface area contributed by atoms with Crippen LogP contribution in [0.25, 0.3) is 21.8 Å². The summed E-state index contributed by atoms with van der Waals surface area (Å²) in [6.07, 6.45) is 0.128. The zero-order valence-corrected chi connectivity index (χ0v) is 19.1. The van der Waals surface area contributed by atoms with Crippen LogP contribution in [-0.2, 0) is 10.0 Å². The molecule has 1 heterocycles. The molecule has 172 valence electrons. The van der Waals surface area contributed by atoms with E-state index in [4.69, 9.17) is 14.8 Å². The molecule has 0 radical (unpaired) electrons. The number of aromatic nitrogens is 1. The van der Waals surface area contributed by atoms with Gasteiger partial charge in [-0.2, -0.15) is 0 Å². The number of ether oxygens (including phenoxy) is 1. The van der Waals surface area contributed by atoms with Gasteiger partial charge < -0.3 is 20.3 Å². The third-order valence-electron chi connectivity index (χ3n) is 5.11. The number of aliphatic hydroxyl groups is 2. The molecule has 0 aliphatic heterocycles. The molecule has 4 rings (SSSR count). The van der Waals surface area contributed by atoms with E-state index >= 15 is 0 Å². The maximum atomic E-state index is 11.6. The van der Waals surface area contributed by atoms with Crippen molar-refractivity contribution in [3.05, 3.63) is 66.2 Å². The number of nitrogens with zero attached hydrogens (tertiary/aromatic N) is 1. The molecular weight excluding hydrogens is 442 g/mol. The van der Waals surface area contributed by atoms with Crippen molar-refractivity contribution in [2.45, 2.75) is 13.0 Å². The molecule has 0 aliphatic rings. The molecule has 1 atom stereocenters. The number of anilines is 3. The number of sulfonamides is 1. The molecule has 1 aromatic heterocycles. The van der Waals surface area contributed by atoms with Crippen LogP contribution in [0, 0.1) is 6.92 Å². The maximum absolute atomic E-state index is 11.6. The summed E-state index contributed by atoms with van der Waals surface area (Å²) >= 11 is 0. The van der Waals surface area contributed by atoms with Gasteiger partial charge >= 0.3 is 0 Å². The fourth-order valence-electron chi connectivity index (χ4n) is 3.59. The van der Waals surface area contributed by atoms with Crippen molar-refractivity contribution in [3.8, 4) is 5.75 Å². The molecular formula is C24H25N3O5S. The zero-order chi connectivity index (χ0) is 23.6. The minimum atomic E-state index is -3.37. The largest absolute Gasteiger partial charge is 0.489 e. The Morgan fingerprint density at radius 2 is 1.82 bits per heavy atom. The Morgan fingerprint density at radius 1 is 1.06 bits per heavy atom. The number of fused-ring (bicyclic) bond motifs is 2. The summed E-state index contributed by atoms with van der Waals surface area (Å²) in [5.41, 5.74) is 4.37. The summed E-state index contributed by atoms with van der Waals surface area (Å²) < 4.78 is 31.3. The van der Waals surface area contributed by atoms with Crippen LogP contribution in [0.1, 0.15) is 5.56 Å². The van der Waals surface area contributed by atoms with Crippen molar-refractivity contribution < 1.29 is 23.4 Å². The monoisotopic (exact) mass is 467 g/mol. The van der Waals surface area contributed by atoms with Crippen LogP contribution in [0.15, 0.2) is 60.7 Å².